The summed E-state index contributed by atoms with van der Waals surface area (Å²) in [5, 5.41) is 2.92. The van der Waals surface area contributed by atoms with Gasteiger partial charge in [0.15, 0.2) is 0 Å². The Bertz CT molecular complexity index is 698. The molecular weight excluding hydrogens is 380 g/mol. The van der Waals surface area contributed by atoms with Crippen LogP contribution in [-0.4, -0.2) is 13.2 Å². The summed E-state index contributed by atoms with van der Waals surface area (Å²) in [5.74, 6) is 1.70. The standard InChI is InChI=1S/C26H39ClO2/c1-3-5-7-9-11-13-17-28-24-16-15-22-20-25(27)26(21-23(22)19-24)29-18-14-12-10-8-6-4-2/h15-16,19-21H,3-14,17-18H2,1-2H3. The van der Waals surface area contributed by atoms with Crippen LogP contribution >= 0.6 is 11.6 Å². The lowest BCUT2D eigenvalue weighted by Crippen LogP contribution is -1.99. The van der Waals surface area contributed by atoms with E-state index in [1.165, 1.54) is 64.2 Å². The van der Waals surface area contributed by atoms with Crippen molar-refractivity contribution in [3.05, 3.63) is 35.4 Å². The average molecular weight is 419 g/mol. The summed E-state index contributed by atoms with van der Waals surface area (Å²) in [5.41, 5.74) is 0. The van der Waals surface area contributed by atoms with E-state index in [2.05, 4.69) is 26.0 Å². The minimum absolute atomic E-state index is 0.684. The largest absolute Gasteiger partial charge is 0.494 e. The first-order valence-corrected chi connectivity index (χ1v) is 12.1. The predicted octanol–water partition coefficient (Wildman–Crippen LogP) is 8.97. The molecule has 162 valence electrons. The zero-order chi connectivity index (χ0) is 20.7. The SMILES string of the molecule is CCCCCCCCOc1ccc2cc(Cl)c(OCCCCCCCC)cc2c1. The van der Waals surface area contributed by atoms with E-state index >= 15 is 0 Å². The zero-order valence-electron chi connectivity index (χ0n) is 18.5. The van der Waals surface area contributed by atoms with E-state index in [1.807, 2.05) is 18.2 Å². The molecule has 2 aromatic carbocycles. The lowest BCUT2D eigenvalue weighted by molar-refractivity contribution is 0.304. The molecule has 2 rings (SSSR count). The number of ether oxygens (including phenoxy) is 2. The van der Waals surface area contributed by atoms with Crippen LogP contribution in [0.15, 0.2) is 30.3 Å². The minimum atomic E-state index is 0.684. The van der Waals surface area contributed by atoms with Crippen molar-refractivity contribution >= 4 is 22.4 Å². The highest BCUT2D eigenvalue weighted by atomic mass is 35.5. The number of hydrogen-bond acceptors (Lipinski definition) is 2. The van der Waals surface area contributed by atoms with Gasteiger partial charge in [-0.2, -0.15) is 0 Å². The first-order valence-electron chi connectivity index (χ1n) is 11.7. The molecule has 0 amide bonds. The van der Waals surface area contributed by atoms with Gasteiger partial charge in [0.25, 0.3) is 0 Å². The van der Waals surface area contributed by atoms with Gasteiger partial charge in [0.2, 0.25) is 0 Å². The van der Waals surface area contributed by atoms with Crippen LogP contribution in [0.2, 0.25) is 5.02 Å². The molecule has 0 fully saturated rings. The molecule has 0 aromatic heterocycles. The number of unbranched alkanes of at least 4 members (excludes halogenated alkanes) is 10. The molecule has 0 atom stereocenters. The molecule has 0 unspecified atom stereocenters. The maximum Gasteiger partial charge on any atom is 0.138 e. The van der Waals surface area contributed by atoms with Crippen molar-refractivity contribution in [1.29, 1.82) is 0 Å². The van der Waals surface area contributed by atoms with Crippen LogP contribution in [0, 0.1) is 0 Å². The first-order chi connectivity index (χ1) is 14.2. The molecule has 0 radical (unpaired) electrons. The third kappa shape index (κ3) is 9.30. The predicted molar refractivity (Wildman–Crippen MR) is 127 cm³/mol. The molecule has 0 aliphatic rings. The monoisotopic (exact) mass is 418 g/mol. The summed E-state index contributed by atoms with van der Waals surface area (Å²) in [4.78, 5) is 0. The van der Waals surface area contributed by atoms with E-state index in [1.54, 1.807) is 0 Å². The van der Waals surface area contributed by atoms with Gasteiger partial charge in [-0.05, 0) is 47.9 Å². The van der Waals surface area contributed by atoms with Crippen LogP contribution in [0.4, 0.5) is 0 Å². The summed E-state index contributed by atoms with van der Waals surface area (Å²) in [6.45, 7) is 6.01. The van der Waals surface area contributed by atoms with E-state index < -0.39 is 0 Å². The highest BCUT2D eigenvalue weighted by Crippen LogP contribution is 2.32. The molecule has 0 bridgehead atoms. The minimum Gasteiger partial charge on any atom is -0.494 e. The fourth-order valence-corrected chi connectivity index (χ4v) is 3.79. The van der Waals surface area contributed by atoms with Crippen LogP contribution in [0.3, 0.4) is 0 Å². The van der Waals surface area contributed by atoms with Gasteiger partial charge in [0.05, 0.1) is 18.2 Å². The molecule has 2 nitrogen and oxygen atoms in total. The highest BCUT2D eigenvalue weighted by Gasteiger charge is 2.06. The molecule has 0 saturated carbocycles. The van der Waals surface area contributed by atoms with Gasteiger partial charge in [-0.3, -0.25) is 0 Å². The number of halogens is 1. The summed E-state index contributed by atoms with van der Waals surface area (Å²) in [6.07, 6.45) is 15.2. The van der Waals surface area contributed by atoms with Crippen LogP contribution in [0.1, 0.15) is 90.9 Å². The normalized spacial score (nSPS) is 11.1. The molecule has 0 spiro atoms. The third-order valence-corrected chi connectivity index (χ3v) is 5.68. The van der Waals surface area contributed by atoms with Crippen molar-refractivity contribution in [3.8, 4) is 11.5 Å². The summed E-state index contributed by atoms with van der Waals surface area (Å²) < 4.78 is 11.9. The highest BCUT2D eigenvalue weighted by molar-refractivity contribution is 6.32. The molecular formula is C26H39ClO2. The lowest BCUT2D eigenvalue weighted by atomic mass is 10.1. The van der Waals surface area contributed by atoms with Gasteiger partial charge in [-0.25, -0.2) is 0 Å². The third-order valence-electron chi connectivity index (χ3n) is 5.38. The Morgan fingerprint density at radius 3 is 1.86 bits per heavy atom. The first kappa shape index (κ1) is 23.9. The van der Waals surface area contributed by atoms with E-state index in [9.17, 15) is 0 Å². The second-order valence-electron chi connectivity index (χ2n) is 8.02. The molecule has 0 aliphatic carbocycles. The molecule has 2 aromatic rings. The van der Waals surface area contributed by atoms with Crippen molar-refractivity contribution in [2.45, 2.75) is 90.9 Å². The maximum absolute atomic E-state index is 6.42. The van der Waals surface area contributed by atoms with Gasteiger partial charge < -0.3 is 9.47 Å². The van der Waals surface area contributed by atoms with Gasteiger partial charge in [0, 0.05) is 0 Å². The fourth-order valence-electron chi connectivity index (χ4n) is 3.56. The second kappa shape index (κ2) is 14.6. The van der Waals surface area contributed by atoms with Crippen molar-refractivity contribution in [1.82, 2.24) is 0 Å². The lowest BCUT2D eigenvalue weighted by Gasteiger charge is -2.11. The Morgan fingerprint density at radius 1 is 0.621 bits per heavy atom. The van der Waals surface area contributed by atoms with Crippen LogP contribution in [0.5, 0.6) is 11.5 Å². The maximum atomic E-state index is 6.42. The summed E-state index contributed by atoms with van der Waals surface area (Å²) in [6, 6.07) is 10.2. The molecule has 29 heavy (non-hydrogen) atoms. The smallest absolute Gasteiger partial charge is 0.138 e. The molecule has 0 heterocycles. The van der Waals surface area contributed by atoms with E-state index in [0.717, 1.165) is 48.3 Å². The van der Waals surface area contributed by atoms with Crippen LogP contribution in [-0.2, 0) is 0 Å². The Labute approximate surface area is 182 Å². The van der Waals surface area contributed by atoms with Crippen molar-refractivity contribution in [2.75, 3.05) is 13.2 Å². The molecule has 0 N–H and O–H groups in total. The van der Waals surface area contributed by atoms with E-state index in [-0.39, 0.29) is 0 Å². The van der Waals surface area contributed by atoms with Crippen LogP contribution < -0.4 is 9.47 Å². The Morgan fingerprint density at radius 2 is 1.21 bits per heavy atom. The summed E-state index contributed by atoms with van der Waals surface area (Å²) in [7, 11) is 0. The topological polar surface area (TPSA) is 18.5 Å². The van der Waals surface area contributed by atoms with Crippen molar-refractivity contribution in [3.63, 3.8) is 0 Å². The number of rotatable bonds is 16. The Hall–Kier alpha value is -1.41. The fraction of sp³-hybridized carbons (Fsp3) is 0.615. The van der Waals surface area contributed by atoms with Crippen molar-refractivity contribution < 1.29 is 9.47 Å². The van der Waals surface area contributed by atoms with Gasteiger partial charge >= 0.3 is 0 Å². The summed E-state index contributed by atoms with van der Waals surface area (Å²) >= 11 is 6.42. The van der Waals surface area contributed by atoms with Crippen molar-refractivity contribution in [2.24, 2.45) is 0 Å². The zero-order valence-corrected chi connectivity index (χ0v) is 19.2. The average Bonchev–Trinajstić information content (AvgIpc) is 2.73. The number of hydrogen-bond donors (Lipinski definition) is 0. The number of benzene rings is 2. The molecule has 0 saturated heterocycles. The van der Waals surface area contributed by atoms with E-state index in [0.29, 0.717) is 5.02 Å². The van der Waals surface area contributed by atoms with E-state index in [4.69, 9.17) is 21.1 Å². The molecule has 3 heteroatoms. The van der Waals surface area contributed by atoms with Gasteiger partial charge in [-0.1, -0.05) is 95.7 Å². The quantitative estimate of drug-likeness (QED) is 0.253. The van der Waals surface area contributed by atoms with Crippen LogP contribution in [0.25, 0.3) is 10.8 Å². The van der Waals surface area contributed by atoms with Gasteiger partial charge in [-0.15, -0.1) is 0 Å². The Kier molecular flexibility index (Phi) is 12.0. The Balaban J connectivity index is 1.80. The number of fused-ring (bicyclic) bond motifs is 1. The van der Waals surface area contributed by atoms with Gasteiger partial charge in [0.1, 0.15) is 11.5 Å². The second-order valence-corrected chi connectivity index (χ2v) is 8.43. The molecule has 0 aliphatic heterocycles.